The molecule has 1 heterocycles. The van der Waals surface area contributed by atoms with Crippen molar-refractivity contribution in [2.75, 3.05) is 6.54 Å². The van der Waals surface area contributed by atoms with Crippen LogP contribution in [0.25, 0.3) is 0 Å². The van der Waals surface area contributed by atoms with Crippen LogP contribution in [0.5, 0.6) is 11.5 Å². The van der Waals surface area contributed by atoms with Crippen molar-refractivity contribution in [1.29, 1.82) is 0 Å². The fourth-order valence-corrected chi connectivity index (χ4v) is 2.97. The number of ether oxygens (including phenoxy) is 1. The van der Waals surface area contributed by atoms with Crippen LogP contribution in [0.4, 0.5) is 0 Å². The number of nitrogens with one attached hydrogen (secondary N) is 1. The van der Waals surface area contributed by atoms with Gasteiger partial charge in [0.25, 0.3) is 0 Å². The van der Waals surface area contributed by atoms with E-state index in [1.807, 2.05) is 24.3 Å². The molecule has 2 aromatic rings. The molecule has 2 N–H and O–H groups in total. The predicted molar refractivity (Wildman–Crippen MR) is 84.0 cm³/mol. The molecule has 0 radical (unpaired) electrons. The summed E-state index contributed by atoms with van der Waals surface area (Å²) in [5, 5.41) is 13.4. The van der Waals surface area contributed by atoms with Crippen LogP contribution in [0.15, 0.2) is 42.5 Å². The Labute approximate surface area is 129 Å². The van der Waals surface area contributed by atoms with E-state index in [0.717, 1.165) is 24.3 Å². The number of hydrogen-bond acceptors (Lipinski definition) is 3. The lowest BCUT2D eigenvalue weighted by Gasteiger charge is -2.33. The molecule has 3 nitrogen and oxygen atoms in total. The van der Waals surface area contributed by atoms with Crippen LogP contribution in [-0.4, -0.2) is 11.7 Å². The Balaban J connectivity index is 1.93. The minimum atomic E-state index is -0.0675. The van der Waals surface area contributed by atoms with Crippen molar-refractivity contribution >= 4 is 11.6 Å². The van der Waals surface area contributed by atoms with Gasteiger partial charge in [-0.25, -0.2) is 0 Å². The van der Waals surface area contributed by atoms with Gasteiger partial charge in [0, 0.05) is 18.0 Å². The van der Waals surface area contributed by atoms with Gasteiger partial charge in [-0.3, -0.25) is 0 Å². The molecule has 4 heteroatoms. The van der Waals surface area contributed by atoms with Crippen LogP contribution < -0.4 is 10.1 Å². The fourth-order valence-electron chi connectivity index (χ4n) is 2.79. The van der Waals surface area contributed by atoms with Crippen molar-refractivity contribution in [3.8, 4) is 11.5 Å². The maximum Gasteiger partial charge on any atom is 0.134 e. The summed E-state index contributed by atoms with van der Waals surface area (Å²) in [6.07, 6.45) is 0.772. The minimum absolute atomic E-state index is 0.0675. The summed E-state index contributed by atoms with van der Waals surface area (Å²) in [6, 6.07) is 13.6. The lowest BCUT2D eigenvalue weighted by molar-refractivity contribution is 0.152. The summed E-state index contributed by atoms with van der Waals surface area (Å²) in [7, 11) is 0. The Morgan fingerprint density at radius 2 is 2.10 bits per heavy atom. The number of hydrogen-bond donors (Lipinski definition) is 2. The van der Waals surface area contributed by atoms with Crippen LogP contribution in [0.1, 0.15) is 36.6 Å². The predicted octanol–water partition coefficient (Wildman–Crippen LogP) is 4.22. The highest BCUT2D eigenvalue weighted by Gasteiger charge is 2.28. The molecule has 2 unspecified atom stereocenters. The Kier molecular flexibility index (Phi) is 4.04. The summed E-state index contributed by atoms with van der Waals surface area (Å²) in [5.41, 5.74) is 2.18. The zero-order valence-corrected chi connectivity index (χ0v) is 12.6. The Morgan fingerprint density at radius 1 is 1.29 bits per heavy atom. The van der Waals surface area contributed by atoms with Crippen LogP contribution >= 0.6 is 11.6 Å². The minimum Gasteiger partial charge on any atom is -0.506 e. The number of fused-ring (bicyclic) bond motifs is 1. The molecule has 2 aromatic carbocycles. The van der Waals surface area contributed by atoms with E-state index in [1.165, 1.54) is 5.56 Å². The van der Waals surface area contributed by atoms with Gasteiger partial charge in [-0.15, -0.1) is 0 Å². The Morgan fingerprint density at radius 3 is 2.86 bits per heavy atom. The van der Waals surface area contributed by atoms with Crippen molar-refractivity contribution in [2.24, 2.45) is 0 Å². The summed E-state index contributed by atoms with van der Waals surface area (Å²) < 4.78 is 6.11. The fraction of sp³-hybridized carbons (Fsp3) is 0.294. The summed E-state index contributed by atoms with van der Waals surface area (Å²) in [5.74, 6) is 1.00. The third-order valence-electron chi connectivity index (χ3n) is 3.81. The SMILES string of the molecule is CCNC1CC(c2ccc(O)c(Cl)c2)Oc2ccccc21. The average molecular weight is 304 g/mol. The van der Waals surface area contributed by atoms with Crippen molar-refractivity contribution in [1.82, 2.24) is 5.32 Å². The van der Waals surface area contributed by atoms with Crippen molar-refractivity contribution < 1.29 is 9.84 Å². The molecule has 21 heavy (non-hydrogen) atoms. The number of para-hydroxylation sites is 1. The van der Waals surface area contributed by atoms with Crippen LogP contribution in [-0.2, 0) is 0 Å². The largest absolute Gasteiger partial charge is 0.506 e. The van der Waals surface area contributed by atoms with Gasteiger partial charge in [-0.2, -0.15) is 0 Å². The second kappa shape index (κ2) is 5.96. The summed E-state index contributed by atoms with van der Waals surface area (Å²) in [4.78, 5) is 0. The first-order valence-electron chi connectivity index (χ1n) is 7.16. The van der Waals surface area contributed by atoms with E-state index in [2.05, 4.69) is 18.3 Å². The monoisotopic (exact) mass is 303 g/mol. The molecule has 0 aliphatic carbocycles. The molecule has 1 aliphatic heterocycles. The number of aromatic hydroxyl groups is 1. The van der Waals surface area contributed by atoms with Gasteiger partial charge in [-0.05, 0) is 30.3 Å². The van der Waals surface area contributed by atoms with Crippen LogP contribution in [0.3, 0.4) is 0 Å². The second-order valence-electron chi connectivity index (χ2n) is 5.20. The number of benzene rings is 2. The van der Waals surface area contributed by atoms with Crippen molar-refractivity contribution in [3.05, 3.63) is 58.6 Å². The van der Waals surface area contributed by atoms with Crippen molar-refractivity contribution in [2.45, 2.75) is 25.5 Å². The van der Waals surface area contributed by atoms with E-state index >= 15 is 0 Å². The molecule has 0 fully saturated rings. The normalized spacial score (nSPS) is 20.7. The Bertz CT molecular complexity index is 644. The second-order valence-corrected chi connectivity index (χ2v) is 5.61. The first kappa shape index (κ1) is 14.2. The van der Waals surface area contributed by atoms with E-state index in [0.29, 0.717) is 5.02 Å². The molecule has 110 valence electrons. The quantitative estimate of drug-likeness (QED) is 0.892. The van der Waals surface area contributed by atoms with Gasteiger partial charge >= 0.3 is 0 Å². The van der Waals surface area contributed by atoms with Gasteiger partial charge < -0.3 is 15.2 Å². The van der Waals surface area contributed by atoms with E-state index in [9.17, 15) is 5.11 Å². The lowest BCUT2D eigenvalue weighted by atomic mass is 9.93. The molecule has 2 atom stereocenters. The molecule has 1 aliphatic rings. The summed E-state index contributed by atoms with van der Waals surface area (Å²) >= 11 is 6.01. The summed E-state index contributed by atoms with van der Waals surface area (Å²) in [6.45, 7) is 3.01. The molecule has 0 spiro atoms. The molecular formula is C17H18ClNO2. The van der Waals surface area contributed by atoms with Gasteiger partial charge in [0.05, 0.1) is 5.02 Å². The van der Waals surface area contributed by atoms with E-state index < -0.39 is 0 Å². The zero-order chi connectivity index (χ0) is 14.8. The standard InChI is InChI=1S/C17H18ClNO2/c1-2-19-14-10-17(11-7-8-15(20)13(18)9-11)21-16-6-4-3-5-12(14)16/h3-9,14,17,19-20H,2,10H2,1H3. The number of rotatable bonds is 3. The van der Waals surface area contributed by atoms with Crippen molar-refractivity contribution in [3.63, 3.8) is 0 Å². The Hall–Kier alpha value is -1.71. The topological polar surface area (TPSA) is 41.5 Å². The molecule has 3 rings (SSSR count). The first-order chi connectivity index (χ1) is 10.2. The van der Waals surface area contributed by atoms with Gasteiger partial charge in [-0.1, -0.05) is 42.8 Å². The van der Waals surface area contributed by atoms with Gasteiger partial charge in [0.15, 0.2) is 0 Å². The van der Waals surface area contributed by atoms with Gasteiger partial charge in [0.2, 0.25) is 0 Å². The average Bonchev–Trinajstić information content (AvgIpc) is 2.50. The smallest absolute Gasteiger partial charge is 0.134 e. The molecular weight excluding hydrogens is 286 g/mol. The van der Waals surface area contributed by atoms with E-state index in [-0.39, 0.29) is 17.9 Å². The molecule has 0 bridgehead atoms. The van der Waals surface area contributed by atoms with E-state index in [1.54, 1.807) is 12.1 Å². The number of phenols is 1. The van der Waals surface area contributed by atoms with Gasteiger partial charge in [0.1, 0.15) is 17.6 Å². The first-order valence-corrected chi connectivity index (χ1v) is 7.54. The maximum absolute atomic E-state index is 9.55. The molecule has 0 saturated carbocycles. The zero-order valence-electron chi connectivity index (χ0n) is 11.8. The highest BCUT2D eigenvalue weighted by Crippen LogP contribution is 2.41. The van der Waals surface area contributed by atoms with Crippen LogP contribution in [0, 0.1) is 0 Å². The molecule has 0 aromatic heterocycles. The molecule has 0 amide bonds. The maximum atomic E-state index is 9.55. The highest BCUT2D eigenvalue weighted by molar-refractivity contribution is 6.32. The number of halogens is 1. The number of phenolic OH excluding ortho intramolecular Hbond substituents is 1. The highest BCUT2D eigenvalue weighted by atomic mass is 35.5. The van der Waals surface area contributed by atoms with Crippen LogP contribution in [0.2, 0.25) is 5.02 Å². The third-order valence-corrected chi connectivity index (χ3v) is 4.11. The molecule has 0 saturated heterocycles. The lowest BCUT2D eigenvalue weighted by Crippen LogP contribution is -2.28. The van der Waals surface area contributed by atoms with E-state index in [4.69, 9.17) is 16.3 Å². The third kappa shape index (κ3) is 2.85.